The molecule has 0 aliphatic heterocycles. The van der Waals surface area contributed by atoms with Gasteiger partial charge in [-0.25, -0.2) is 4.57 Å². The number of nitrogens with one attached hydrogen (secondary N) is 1. The van der Waals surface area contributed by atoms with E-state index in [4.69, 9.17) is 0 Å². The predicted molar refractivity (Wildman–Crippen MR) is 144 cm³/mol. The molecule has 3 aromatic carbocycles. The lowest BCUT2D eigenvalue weighted by Crippen LogP contribution is -2.23. The van der Waals surface area contributed by atoms with Crippen LogP contribution >= 0.6 is 11.8 Å². The molecular weight excluding hydrogens is 470 g/mol. The number of Topliss-reactive ketones (excluding diaryl/α,β-unsaturated/α-hetero) is 1. The van der Waals surface area contributed by atoms with Gasteiger partial charge >= 0.3 is 0 Å². The fraction of sp³-hybridized carbons (Fsp3) is 0.143. The lowest BCUT2D eigenvalue weighted by Gasteiger charge is -2.16. The summed E-state index contributed by atoms with van der Waals surface area (Å²) in [5.74, 6) is 0.828. The first kappa shape index (κ1) is 22.3. The van der Waals surface area contributed by atoms with E-state index < -0.39 is 0 Å². The molecule has 0 saturated heterocycles. The Balaban J connectivity index is 1.48. The smallest absolute Gasteiger partial charge is 0.267 e. The van der Waals surface area contributed by atoms with Gasteiger partial charge in [0, 0.05) is 22.7 Å². The van der Waals surface area contributed by atoms with E-state index in [0.29, 0.717) is 27.4 Å². The summed E-state index contributed by atoms with van der Waals surface area (Å²) in [6.07, 6.45) is 1.76. The van der Waals surface area contributed by atoms with Gasteiger partial charge in [-0.1, -0.05) is 74.1 Å². The number of hydrogen-bond donors (Lipinski definition) is 1. The number of para-hydroxylation sites is 3. The molecular formula is C28H23N5O2S. The van der Waals surface area contributed by atoms with Crippen molar-refractivity contribution < 1.29 is 4.79 Å². The number of benzene rings is 3. The van der Waals surface area contributed by atoms with E-state index >= 15 is 0 Å². The van der Waals surface area contributed by atoms with E-state index in [1.54, 1.807) is 10.8 Å². The van der Waals surface area contributed by atoms with E-state index in [9.17, 15) is 9.59 Å². The van der Waals surface area contributed by atoms with Crippen LogP contribution in [0.3, 0.4) is 0 Å². The Morgan fingerprint density at radius 1 is 0.944 bits per heavy atom. The first-order valence-corrected chi connectivity index (χ1v) is 12.7. The van der Waals surface area contributed by atoms with Gasteiger partial charge in [0.25, 0.3) is 5.56 Å². The second-order valence-corrected chi connectivity index (χ2v) is 9.89. The Bertz CT molecular complexity index is 1830. The van der Waals surface area contributed by atoms with Gasteiger partial charge in [0.05, 0.1) is 22.3 Å². The van der Waals surface area contributed by atoms with Crippen LogP contribution in [-0.2, 0) is 0 Å². The summed E-state index contributed by atoms with van der Waals surface area (Å²) in [5, 5.41) is 10.9. The Hall–Kier alpha value is -4.17. The van der Waals surface area contributed by atoms with Crippen LogP contribution in [0.4, 0.5) is 0 Å². The van der Waals surface area contributed by atoms with E-state index in [1.807, 2.05) is 77.2 Å². The van der Waals surface area contributed by atoms with E-state index in [1.165, 1.54) is 11.8 Å². The molecule has 0 fully saturated rings. The highest BCUT2D eigenvalue weighted by Gasteiger charge is 2.21. The van der Waals surface area contributed by atoms with Crippen LogP contribution in [0.5, 0.6) is 0 Å². The molecule has 6 rings (SSSR count). The minimum atomic E-state index is -0.148. The van der Waals surface area contributed by atoms with E-state index in [-0.39, 0.29) is 23.0 Å². The summed E-state index contributed by atoms with van der Waals surface area (Å²) in [6, 6.07) is 23.1. The van der Waals surface area contributed by atoms with Crippen molar-refractivity contribution in [2.45, 2.75) is 24.9 Å². The molecule has 0 amide bonds. The zero-order chi connectivity index (χ0) is 24.8. The summed E-state index contributed by atoms with van der Waals surface area (Å²) in [6.45, 7) is 4.20. The molecule has 3 heterocycles. The first-order chi connectivity index (χ1) is 17.5. The van der Waals surface area contributed by atoms with Crippen LogP contribution in [0.1, 0.15) is 35.7 Å². The minimum absolute atomic E-state index is 0.00280. The Morgan fingerprint density at radius 2 is 1.67 bits per heavy atom. The molecule has 0 aliphatic rings. The molecule has 0 saturated carbocycles. The number of H-pyrrole nitrogens is 1. The number of thioether (sulfide) groups is 1. The van der Waals surface area contributed by atoms with Gasteiger partial charge in [0.15, 0.2) is 10.9 Å². The van der Waals surface area contributed by atoms with Crippen molar-refractivity contribution >= 4 is 45.1 Å². The van der Waals surface area contributed by atoms with Crippen molar-refractivity contribution in [3.63, 3.8) is 0 Å². The quantitative estimate of drug-likeness (QED) is 0.241. The van der Waals surface area contributed by atoms with Gasteiger partial charge < -0.3 is 4.98 Å². The van der Waals surface area contributed by atoms with Crippen LogP contribution < -0.4 is 5.56 Å². The number of ketones is 1. The monoisotopic (exact) mass is 493 g/mol. The Kier molecular flexibility index (Phi) is 5.45. The van der Waals surface area contributed by atoms with Crippen LogP contribution in [0.25, 0.3) is 33.3 Å². The lowest BCUT2D eigenvalue weighted by molar-refractivity contribution is 0.102. The van der Waals surface area contributed by atoms with Gasteiger partial charge in [0.1, 0.15) is 0 Å². The van der Waals surface area contributed by atoms with Crippen molar-refractivity contribution in [2.24, 2.45) is 0 Å². The SMILES string of the molecule is CC(C)c1ccccc1-n1c(=O)c2ccccc2n2c(SCC(=O)c3c[nH]c4ccccc34)nnc12. The topological polar surface area (TPSA) is 85.0 Å². The van der Waals surface area contributed by atoms with Gasteiger partial charge in [-0.3, -0.25) is 14.0 Å². The number of aromatic nitrogens is 5. The van der Waals surface area contributed by atoms with Crippen LogP contribution in [0.15, 0.2) is 88.9 Å². The average molecular weight is 494 g/mol. The van der Waals surface area contributed by atoms with Gasteiger partial charge in [0.2, 0.25) is 5.78 Å². The molecule has 0 bridgehead atoms. The maximum atomic E-state index is 13.7. The number of fused-ring (bicyclic) bond motifs is 4. The van der Waals surface area contributed by atoms with Crippen molar-refractivity contribution in [2.75, 3.05) is 5.75 Å². The molecule has 36 heavy (non-hydrogen) atoms. The average Bonchev–Trinajstić information content (AvgIpc) is 3.52. The van der Waals surface area contributed by atoms with Crippen molar-refractivity contribution in [1.29, 1.82) is 0 Å². The van der Waals surface area contributed by atoms with E-state index in [0.717, 1.165) is 22.2 Å². The Labute approximate surface area is 210 Å². The van der Waals surface area contributed by atoms with Crippen molar-refractivity contribution in [3.8, 4) is 5.69 Å². The molecule has 0 unspecified atom stereocenters. The molecule has 8 heteroatoms. The molecule has 0 aliphatic carbocycles. The highest BCUT2D eigenvalue weighted by molar-refractivity contribution is 7.99. The molecule has 0 radical (unpaired) electrons. The second kappa shape index (κ2) is 8.80. The van der Waals surface area contributed by atoms with Crippen molar-refractivity contribution in [3.05, 3.63) is 100 Å². The second-order valence-electron chi connectivity index (χ2n) is 8.95. The molecule has 0 spiro atoms. The zero-order valence-corrected chi connectivity index (χ0v) is 20.6. The normalized spacial score (nSPS) is 11.8. The molecule has 178 valence electrons. The van der Waals surface area contributed by atoms with Gasteiger partial charge in [-0.2, -0.15) is 0 Å². The number of hydrogen-bond acceptors (Lipinski definition) is 5. The molecule has 1 N–H and O–H groups in total. The summed E-state index contributed by atoms with van der Waals surface area (Å²) >= 11 is 1.32. The largest absolute Gasteiger partial charge is 0.360 e. The summed E-state index contributed by atoms with van der Waals surface area (Å²) in [5.41, 5.74) is 3.97. The molecule has 3 aromatic heterocycles. The van der Waals surface area contributed by atoms with Crippen LogP contribution in [0.2, 0.25) is 0 Å². The molecule has 7 nitrogen and oxygen atoms in total. The molecule has 6 aromatic rings. The predicted octanol–water partition coefficient (Wildman–Crippen LogP) is 5.61. The van der Waals surface area contributed by atoms with Gasteiger partial charge in [-0.05, 0) is 35.7 Å². The summed E-state index contributed by atoms with van der Waals surface area (Å²) < 4.78 is 3.51. The van der Waals surface area contributed by atoms with Gasteiger partial charge in [-0.15, -0.1) is 10.2 Å². The third-order valence-corrected chi connectivity index (χ3v) is 7.35. The third kappa shape index (κ3) is 3.53. The minimum Gasteiger partial charge on any atom is -0.360 e. The van der Waals surface area contributed by atoms with Crippen LogP contribution in [0, 0.1) is 0 Å². The number of nitrogens with zero attached hydrogens (tertiary/aromatic N) is 4. The number of aromatic amines is 1. The third-order valence-electron chi connectivity index (χ3n) is 6.42. The number of rotatable bonds is 6. The fourth-order valence-corrected chi connectivity index (χ4v) is 5.50. The maximum Gasteiger partial charge on any atom is 0.267 e. The highest BCUT2D eigenvalue weighted by atomic mass is 32.2. The number of carbonyl (C=O) groups excluding carboxylic acids is 1. The van der Waals surface area contributed by atoms with E-state index in [2.05, 4.69) is 29.0 Å². The van der Waals surface area contributed by atoms with Crippen molar-refractivity contribution in [1.82, 2.24) is 24.1 Å². The highest BCUT2D eigenvalue weighted by Crippen LogP contribution is 2.28. The zero-order valence-electron chi connectivity index (χ0n) is 19.8. The Morgan fingerprint density at radius 3 is 2.50 bits per heavy atom. The fourth-order valence-electron chi connectivity index (χ4n) is 4.68. The molecule has 0 atom stereocenters. The first-order valence-electron chi connectivity index (χ1n) is 11.7. The standard InChI is InChI=1S/C28H23N5O2S/c1-17(2)18-9-4-7-13-23(18)32-26(35)20-11-5-8-14-24(20)33-27(32)30-31-28(33)36-16-25(34)21-15-29-22-12-6-3-10-19(21)22/h3-15,17,29H,16H2,1-2H3. The number of carbonyl (C=O) groups is 1. The van der Waals surface area contributed by atoms with Crippen LogP contribution in [-0.4, -0.2) is 35.7 Å². The summed E-state index contributed by atoms with van der Waals surface area (Å²) in [4.78, 5) is 30.0. The maximum absolute atomic E-state index is 13.7. The summed E-state index contributed by atoms with van der Waals surface area (Å²) in [7, 11) is 0. The lowest BCUT2D eigenvalue weighted by atomic mass is 10.0.